The van der Waals surface area contributed by atoms with Crippen LogP contribution < -0.4 is 10.6 Å². The molecule has 1 unspecified atom stereocenters. The molecule has 0 aliphatic carbocycles. The second-order valence-corrected chi connectivity index (χ2v) is 9.94. The normalized spacial score (nSPS) is 17.0. The van der Waals surface area contributed by atoms with Crippen molar-refractivity contribution in [2.24, 2.45) is 0 Å². The number of aryl methyl sites for hydroxylation is 2. The first-order valence-corrected chi connectivity index (χ1v) is 12.3. The summed E-state index contributed by atoms with van der Waals surface area (Å²) in [6.45, 7) is 4.52. The second kappa shape index (κ2) is 10.7. The lowest BCUT2D eigenvalue weighted by molar-refractivity contribution is -0.139. The van der Waals surface area contributed by atoms with E-state index in [-0.39, 0.29) is 19.1 Å². The van der Waals surface area contributed by atoms with Crippen molar-refractivity contribution in [3.8, 4) is 0 Å². The number of benzene rings is 1. The average Bonchev–Trinajstić information content (AvgIpc) is 2.79. The largest absolute Gasteiger partial charge is 0.348 e. The van der Waals surface area contributed by atoms with Gasteiger partial charge in [-0.05, 0) is 62.4 Å². The molecule has 0 spiro atoms. The van der Waals surface area contributed by atoms with E-state index in [4.69, 9.17) is 0 Å². The number of carbonyl (C=O) groups is 2. The van der Waals surface area contributed by atoms with Crippen molar-refractivity contribution in [1.29, 1.82) is 0 Å². The van der Waals surface area contributed by atoms with E-state index in [0.717, 1.165) is 30.4 Å². The molecule has 0 saturated carbocycles. The zero-order valence-corrected chi connectivity index (χ0v) is 19.3. The predicted octanol–water partition coefficient (Wildman–Crippen LogP) is 2.06. The Bertz CT molecular complexity index is 1060. The molecule has 1 fully saturated rings. The molecule has 0 radical (unpaired) electrons. The van der Waals surface area contributed by atoms with Crippen LogP contribution >= 0.6 is 0 Å². The molecule has 2 amide bonds. The predicted molar refractivity (Wildman–Crippen MR) is 121 cm³/mol. The van der Waals surface area contributed by atoms with Crippen LogP contribution in [0.15, 0.2) is 47.5 Å². The van der Waals surface area contributed by atoms with E-state index >= 15 is 0 Å². The maximum Gasteiger partial charge on any atom is 0.309 e. The summed E-state index contributed by atoms with van der Waals surface area (Å²) in [4.78, 5) is 28.6. The van der Waals surface area contributed by atoms with Gasteiger partial charge in [-0.25, -0.2) is 8.42 Å². The molecule has 3 rings (SSSR count). The highest BCUT2D eigenvalue weighted by molar-refractivity contribution is 7.89. The Kier molecular flexibility index (Phi) is 7.98. The highest BCUT2D eigenvalue weighted by Gasteiger charge is 2.34. The number of pyridine rings is 1. The molecule has 9 heteroatoms. The van der Waals surface area contributed by atoms with E-state index < -0.39 is 21.8 Å². The monoisotopic (exact) mass is 458 g/mol. The van der Waals surface area contributed by atoms with Crippen molar-refractivity contribution in [1.82, 2.24) is 19.9 Å². The van der Waals surface area contributed by atoms with Crippen LogP contribution in [0.3, 0.4) is 0 Å². The Balaban J connectivity index is 1.56. The van der Waals surface area contributed by atoms with Crippen molar-refractivity contribution in [2.75, 3.05) is 13.1 Å². The number of rotatable bonds is 7. The third-order valence-corrected chi connectivity index (χ3v) is 7.72. The van der Waals surface area contributed by atoms with Crippen LogP contribution in [-0.4, -0.2) is 48.7 Å². The van der Waals surface area contributed by atoms with Gasteiger partial charge in [0.1, 0.15) is 0 Å². The van der Waals surface area contributed by atoms with Crippen LogP contribution in [0.5, 0.6) is 0 Å². The highest BCUT2D eigenvalue weighted by Crippen LogP contribution is 2.29. The molecule has 32 heavy (non-hydrogen) atoms. The van der Waals surface area contributed by atoms with Crippen LogP contribution in [0.4, 0.5) is 0 Å². The number of hydrogen-bond acceptors (Lipinski definition) is 5. The number of nitrogens with one attached hydrogen (secondary N) is 2. The Morgan fingerprint density at radius 3 is 2.62 bits per heavy atom. The molecule has 2 N–H and O–H groups in total. The minimum absolute atomic E-state index is 0.164. The van der Waals surface area contributed by atoms with Crippen LogP contribution in [-0.2, 0) is 26.2 Å². The van der Waals surface area contributed by atoms with Crippen molar-refractivity contribution in [2.45, 2.75) is 57.0 Å². The Morgan fingerprint density at radius 1 is 1.09 bits per heavy atom. The standard InChI is InChI=1S/C23H30N4O4S/c1-17-9-10-18(2)21(15-17)32(30,31)27-14-6-4-8-20(27)11-13-25-22(28)23(29)26-16-19-7-3-5-12-24-19/h3,5,7,9-10,12,15,20H,4,6,8,11,13-14,16H2,1-2H3,(H,25,28)(H,26,29). The van der Waals surface area contributed by atoms with Crippen LogP contribution in [0, 0.1) is 13.8 Å². The number of piperidine rings is 1. The van der Waals surface area contributed by atoms with Crippen molar-refractivity contribution < 1.29 is 18.0 Å². The SMILES string of the molecule is Cc1ccc(C)c(S(=O)(=O)N2CCCCC2CCNC(=O)C(=O)NCc2ccccn2)c1. The van der Waals surface area contributed by atoms with Crippen molar-refractivity contribution in [3.63, 3.8) is 0 Å². The minimum Gasteiger partial charge on any atom is -0.348 e. The molecule has 1 atom stereocenters. The molecular formula is C23H30N4O4S. The Morgan fingerprint density at radius 2 is 1.88 bits per heavy atom. The number of nitrogens with zero attached hydrogens (tertiary/aromatic N) is 2. The van der Waals surface area contributed by atoms with Gasteiger partial charge in [0.2, 0.25) is 10.0 Å². The fourth-order valence-electron chi connectivity index (χ4n) is 3.88. The van der Waals surface area contributed by atoms with E-state index in [1.54, 1.807) is 41.7 Å². The molecular weight excluding hydrogens is 428 g/mol. The third-order valence-electron chi connectivity index (χ3n) is 5.63. The third kappa shape index (κ3) is 5.92. The summed E-state index contributed by atoms with van der Waals surface area (Å²) in [6.07, 6.45) is 4.53. The van der Waals surface area contributed by atoms with Gasteiger partial charge in [-0.3, -0.25) is 14.6 Å². The van der Waals surface area contributed by atoms with Crippen molar-refractivity contribution in [3.05, 3.63) is 59.4 Å². The van der Waals surface area contributed by atoms with Crippen LogP contribution in [0.25, 0.3) is 0 Å². The fraction of sp³-hybridized carbons (Fsp3) is 0.435. The first-order valence-electron chi connectivity index (χ1n) is 10.8. The first-order chi connectivity index (χ1) is 15.3. The molecule has 2 heterocycles. The molecule has 1 saturated heterocycles. The Labute approximate surface area is 189 Å². The summed E-state index contributed by atoms with van der Waals surface area (Å²) >= 11 is 0. The zero-order chi connectivity index (χ0) is 23.1. The van der Waals surface area contributed by atoms with E-state index in [1.165, 1.54) is 0 Å². The van der Waals surface area contributed by atoms with Gasteiger partial charge in [0.25, 0.3) is 0 Å². The van der Waals surface area contributed by atoms with Gasteiger partial charge in [-0.1, -0.05) is 24.6 Å². The highest BCUT2D eigenvalue weighted by atomic mass is 32.2. The lowest BCUT2D eigenvalue weighted by Crippen LogP contribution is -2.46. The molecule has 1 aliphatic rings. The van der Waals surface area contributed by atoms with E-state index in [2.05, 4.69) is 15.6 Å². The van der Waals surface area contributed by atoms with Gasteiger partial charge >= 0.3 is 11.8 Å². The number of aromatic nitrogens is 1. The molecule has 0 bridgehead atoms. The van der Waals surface area contributed by atoms with Gasteiger partial charge in [-0.2, -0.15) is 4.31 Å². The quantitative estimate of drug-likeness (QED) is 0.618. The number of hydrogen-bond donors (Lipinski definition) is 2. The summed E-state index contributed by atoms with van der Waals surface area (Å²) in [5.41, 5.74) is 2.27. The average molecular weight is 459 g/mol. The molecule has 172 valence electrons. The van der Waals surface area contributed by atoms with Gasteiger partial charge in [0.15, 0.2) is 0 Å². The minimum atomic E-state index is -3.64. The van der Waals surface area contributed by atoms with E-state index in [0.29, 0.717) is 23.6 Å². The zero-order valence-electron chi connectivity index (χ0n) is 18.5. The second-order valence-electron chi connectivity index (χ2n) is 8.08. The summed E-state index contributed by atoms with van der Waals surface area (Å²) in [5, 5.41) is 5.14. The maximum absolute atomic E-state index is 13.4. The fourth-order valence-corrected chi connectivity index (χ4v) is 5.91. The topological polar surface area (TPSA) is 108 Å². The molecule has 1 aromatic carbocycles. The van der Waals surface area contributed by atoms with Crippen molar-refractivity contribution >= 4 is 21.8 Å². The maximum atomic E-state index is 13.4. The Hall–Kier alpha value is -2.78. The number of sulfonamides is 1. The number of amides is 2. The van der Waals surface area contributed by atoms with Crippen LogP contribution in [0.2, 0.25) is 0 Å². The first kappa shape index (κ1) is 23.9. The lowest BCUT2D eigenvalue weighted by Gasteiger charge is -2.35. The number of carbonyl (C=O) groups excluding carboxylic acids is 2. The smallest absolute Gasteiger partial charge is 0.309 e. The summed E-state index contributed by atoms with van der Waals surface area (Å²) in [6, 6.07) is 10.5. The summed E-state index contributed by atoms with van der Waals surface area (Å²) in [7, 11) is -3.64. The lowest BCUT2D eigenvalue weighted by atomic mass is 10.0. The summed E-state index contributed by atoms with van der Waals surface area (Å²) < 4.78 is 28.3. The molecule has 2 aromatic rings. The molecule has 1 aliphatic heterocycles. The molecule has 1 aromatic heterocycles. The van der Waals surface area contributed by atoms with Crippen LogP contribution in [0.1, 0.15) is 42.5 Å². The van der Waals surface area contributed by atoms with Gasteiger partial charge in [-0.15, -0.1) is 0 Å². The van der Waals surface area contributed by atoms with E-state index in [1.807, 2.05) is 19.1 Å². The van der Waals surface area contributed by atoms with E-state index in [9.17, 15) is 18.0 Å². The van der Waals surface area contributed by atoms with Gasteiger partial charge in [0, 0.05) is 25.3 Å². The molecule has 8 nitrogen and oxygen atoms in total. The van der Waals surface area contributed by atoms with Gasteiger partial charge < -0.3 is 10.6 Å². The van der Waals surface area contributed by atoms with Gasteiger partial charge in [0.05, 0.1) is 17.1 Å². The summed E-state index contributed by atoms with van der Waals surface area (Å²) in [5.74, 6) is -1.47.